The monoisotopic (exact) mass is 347 g/mol. The summed E-state index contributed by atoms with van der Waals surface area (Å²) in [5.41, 5.74) is 3.00. The van der Waals surface area contributed by atoms with Crippen molar-refractivity contribution in [3.05, 3.63) is 68.7 Å². The van der Waals surface area contributed by atoms with Crippen molar-refractivity contribution in [3.8, 4) is 0 Å². The predicted octanol–water partition coefficient (Wildman–Crippen LogP) is 4.00. The minimum Gasteiger partial charge on any atom is -0.344 e. The van der Waals surface area contributed by atoms with Crippen molar-refractivity contribution in [1.82, 2.24) is 4.90 Å². The summed E-state index contributed by atoms with van der Waals surface area (Å²) in [6, 6.07) is 12.5. The second-order valence-electron chi connectivity index (χ2n) is 5.29. The minimum absolute atomic E-state index is 0.0244. The number of non-ortho nitro benzene ring substituents is 1. The third-order valence-electron chi connectivity index (χ3n) is 3.82. The minimum atomic E-state index is -0.457. The van der Waals surface area contributed by atoms with Crippen LogP contribution >= 0.6 is 23.8 Å². The number of rotatable bonds is 2. The van der Waals surface area contributed by atoms with Crippen LogP contribution < -0.4 is 5.32 Å². The lowest BCUT2D eigenvalue weighted by Gasteiger charge is -2.31. The molecule has 2 aromatic rings. The standard InChI is InChI=1S/C16H14ClN3O2S/c17-14-6-5-13(20(21)22)9-15(14)18-16(23)19-8-7-11-3-1-2-4-12(11)10-19/h1-6,9H,7-8,10H2,(H,18,23). The first kappa shape index (κ1) is 15.7. The van der Waals surface area contributed by atoms with Crippen molar-refractivity contribution in [3.63, 3.8) is 0 Å². The van der Waals surface area contributed by atoms with Crippen LogP contribution in [0.15, 0.2) is 42.5 Å². The Hall–Kier alpha value is -2.18. The Balaban J connectivity index is 1.75. The number of fused-ring (bicyclic) bond motifs is 1. The number of thiocarbonyl (C=S) groups is 1. The van der Waals surface area contributed by atoms with E-state index < -0.39 is 4.92 Å². The Morgan fingerprint density at radius 1 is 1.26 bits per heavy atom. The van der Waals surface area contributed by atoms with Gasteiger partial charge in [-0.15, -0.1) is 0 Å². The van der Waals surface area contributed by atoms with E-state index in [1.54, 1.807) is 0 Å². The number of hydrogen-bond acceptors (Lipinski definition) is 3. The summed E-state index contributed by atoms with van der Waals surface area (Å²) in [6.45, 7) is 1.52. The first-order valence-corrected chi connectivity index (χ1v) is 7.90. The highest BCUT2D eigenvalue weighted by molar-refractivity contribution is 7.80. The summed E-state index contributed by atoms with van der Waals surface area (Å²) >= 11 is 11.5. The Kier molecular flexibility index (Phi) is 4.45. The lowest BCUT2D eigenvalue weighted by molar-refractivity contribution is -0.384. The summed E-state index contributed by atoms with van der Waals surface area (Å²) < 4.78 is 0. The van der Waals surface area contributed by atoms with Crippen molar-refractivity contribution in [2.24, 2.45) is 0 Å². The van der Waals surface area contributed by atoms with Gasteiger partial charge in [-0.25, -0.2) is 0 Å². The molecule has 7 heteroatoms. The second kappa shape index (κ2) is 6.52. The van der Waals surface area contributed by atoms with Crippen molar-refractivity contribution < 1.29 is 4.92 Å². The number of nitrogens with zero attached hydrogens (tertiary/aromatic N) is 2. The zero-order valence-corrected chi connectivity index (χ0v) is 13.7. The largest absolute Gasteiger partial charge is 0.344 e. The molecule has 0 radical (unpaired) electrons. The smallest absolute Gasteiger partial charge is 0.271 e. The van der Waals surface area contributed by atoms with Crippen molar-refractivity contribution >= 4 is 40.3 Å². The first-order valence-electron chi connectivity index (χ1n) is 7.11. The van der Waals surface area contributed by atoms with Gasteiger partial charge in [-0.1, -0.05) is 35.9 Å². The molecule has 1 aliphatic rings. The fourth-order valence-electron chi connectivity index (χ4n) is 2.59. The van der Waals surface area contributed by atoms with E-state index in [4.69, 9.17) is 23.8 Å². The molecule has 0 saturated carbocycles. The molecular weight excluding hydrogens is 334 g/mol. The Labute approximate surface area is 144 Å². The average Bonchev–Trinajstić information content (AvgIpc) is 2.56. The zero-order chi connectivity index (χ0) is 16.4. The molecule has 5 nitrogen and oxygen atoms in total. The van der Waals surface area contributed by atoms with Gasteiger partial charge in [0, 0.05) is 25.2 Å². The van der Waals surface area contributed by atoms with Gasteiger partial charge < -0.3 is 10.2 Å². The van der Waals surface area contributed by atoms with Crippen LogP contribution in [0.1, 0.15) is 11.1 Å². The third-order valence-corrected chi connectivity index (χ3v) is 4.51. The molecule has 0 bridgehead atoms. The van der Waals surface area contributed by atoms with Crippen LogP contribution in [0, 0.1) is 10.1 Å². The Bertz CT molecular complexity index is 782. The Morgan fingerprint density at radius 3 is 2.74 bits per heavy atom. The molecule has 0 unspecified atom stereocenters. The van der Waals surface area contributed by atoms with Gasteiger partial charge in [-0.05, 0) is 35.8 Å². The molecule has 3 rings (SSSR count). The molecule has 1 heterocycles. The number of hydrogen-bond donors (Lipinski definition) is 1. The number of nitrogens with one attached hydrogen (secondary N) is 1. The summed E-state index contributed by atoms with van der Waals surface area (Å²) in [6.07, 6.45) is 0.917. The van der Waals surface area contributed by atoms with E-state index in [0.717, 1.165) is 13.0 Å². The number of nitro groups is 1. The van der Waals surface area contributed by atoms with Crippen LogP contribution in [0.3, 0.4) is 0 Å². The SMILES string of the molecule is O=[N+]([O-])c1ccc(Cl)c(NC(=S)N2CCc3ccccc3C2)c1. The molecule has 0 aromatic heterocycles. The van der Waals surface area contributed by atoms with E-state index in [1.807, 2.05) is 17.0 Å². The molecule has 0 aliphatic carbocycles. The van der Waals surface area contributed by atoms with Gasteiger partial charge in [0.05, 0.1) is 15.6 Å². The quantitative estimate of drug-likeness (QED) is 0.505. The predicted molar refractivity (Wildman–Crippen MR) is 94.9 cm³/mol. The summed E-state index contributed by atoms with van der Waals surface area (Å²) in [4.78, 5) is 12.5. The molecule has 0 spiro atoms. The van der Waals surface area contributed by atoms with Crippen LogP contribution in [0.4, 0.5) is 11.4 Å². The van der Waals surface area contributed by atoms with E-state index in [9.17, 15) is 10.1 Å². The average molecular weight is 348 g/mol. The lowest BCUT2D eigenvalue weighted by Crippen LogP contribution is -2.38. The zero-order valence-electron chi connectivity index (χ0n) is 12.2. The highest BCUT2D eigenvalue weighted by atomic mass is 35.5. The van der Waals surface area contributed by atoms with Crippen molar-refractivity contribution in [2.75, 3.05) is 11.9 Å². The second-order valence-corrected chi connectivity index (χ2v) is 6.09. The maximum atomic E-state index is 10.9. The highest BCUT2D eigenvalue weighted by Crippen LogP contribution is 2.27. The van der Waals surface area contributed by atoms with Gasteiger partial charge in [0.1, 0.15) is 0 Å². The maximum absolute atomic E-state index is 10.9. The molecule has 2 aromatic carbocycles. The molecule has 23 heavy (non-hydrogen) atoms. The van der Waals surface area contributed by atoms with E-state index in [0.29, 0.717) is 22.4 Å². The van der Waals surface area contributed by atoms with Gasteiger partial charge >= 0.3 is 0 Å². The van der Waals surface area contributed by atoms with Crippen LogP contribution in [0.5, 0.6) is 0 Å². The molecule has 0 amide bonds. The van der Waals surface area contributed by atoms with Crippen LogP contribution in [0.2, 0.25) is 5.02 Å². The number of anilines is 1. The molecule has 118 valence electrons. The topological polar surface area (TPSA) is 58.4 Å². The highest BCUT2D eigenvalue weighted by Gasteiger charge is 2.19. The van der Waals surface area contributed by atoms with Crippen molar-refractivity contribution in [2.45, 2.75) is 13.0 Å². The van der Waals surface area contributed by atoms with E-state index in [-0.39, 0.29) is 5.69 Å². The summed E-state index contributed by atoms with van der Waals surface area (Å²) in [5.74, 6) is 0. The van der Waals surface area contributed by atoms with Crippen LogP contribution in [-0.4, -0.2) is 21.5 Å². The number of benzene rings is 2. The molecule has 0 atom stereocenters. The number of halogens is 1. The summed E-state index contributed by atoms with van der Waals surface area (Å²) in [7, 11) is 0. The fourth-order valence-corrected chi connectivity index (χ4v) is 3.02. The van der Waals surface area contributed by atoms with E-state index in [2.05, 4.69) is 17.4 Å². The van der Waals surface area contributed by atoms with Crippen molar-refractivity contribution in [1.29, 1.82) is 0 Å². The Morgan fingerprint density at radius 2 is 2.00 bits per heavy atom. The van der Waals surface area contributed by atoms with Gasteiger partial charge in [-0.2, -0.15) is 0 Å². The van der Waals surface area contributed by atoms with Gasteiger partial charge in [0.2, 0.25) is 0 Å². The van der Waals surface area contributed by atoms with Gasteiger partial charge in [-0.3, -0.25) is 10.1 Å². The molecule has 0 saturated heterocycles. The first-order chi connectivity index (χ1) is 11.0. The lowest BCUT2D eigenvalue weighted by atomic mass is 10.0. The van der Waals surface area contributed by atoms with E-state index >= 15 is 0 Å². The molecule has 1 aliphatic heterocycles. The van der Waals surface area contributed by atoms with Gasteiger partial charge in [0.25, 0.3) is 5.69 Å². The van der Waals surface area contributed by atoms with E-state index in [1.165, 1.54) is 29.3 Å². The third kappa shape index (κ3) is 3.43. The molecule has 1 N–H and O–H groups in total. The summed E-state index contributed by atoms with van der Waals surface area (Å²) in [5, 5.41) is 14.8. The van der Waals surface area contributed by atoms with Crippen LogP contribution in [-0.2, 0) is 13.0 Å². The van der Waals surface area contributed by atoms with Gasteiger partial charge in [0.15, 0.2) is 5.11 Å². The maximum Gasteiger partial charge on any atom is 0.271 e. The molecular formula is C16H14ClN3O2S. The van der Waals surface area contributed by atoms with Crippen LogP contribution in [0.25, 0.3) is 0 Å². The normalized spacial score (nSPS) is 13.3. The fraction of sp³-hybridized carbons (Fsp3) is 0.188. The molecule has 0 fully saturated rings. The number of nitro benzene ring substituents is 1.